The van der Waals surface area contributed by atoms with Crippen LogP contribution < -0.4 is 5.32 Å². The fraction of sp³-hybridized carbons (Fsp3) is 0.571. The fourth-order valence-electron chi connectivity index (χ4n) is 3.14. The van der Waals surface area contributed by atoms with Gasteiger partial charge in [-0.2, -0.15) is 0 Å². The molecule has 2 N–H and O–H groups in total. The van der Waals surface area contributed by atoms with E-state index in [1.165, 1.54) is 0 Å². The van der Waals surface area contributed by atoms with Gasteiger partial charge in [-0.25, -0.2) is 4.79 Å². The number of hydrogen-bond acceptors (Lipinski definition) is 3. The number of nitrogens with zero attached hydrogens (tertiary/aromatic N) is 1. The van der Waals surface area contributed by atoms with Crippen LogP contribution in [0.25, 0.3) is 0 Å². The third-order valence-corrected chi connectivity index (χ3v) is 4.35. The number of amides is 2. The van der Waals surface area contributed by atoms with E-state index in [2.05, 4.69) is 10.3 Å². The van der Waals surface area contributed by atoms with Crippen molar-refractivity contribution in [3.05, 3.63) is 23.0 Å². The Kier molecular flexibility index (Phi) is 2.77. The third-order valence-electron chi connectivity index (χ3n) is 4.35. The summed E-state index contributed by atoms with van der Waals surface area (Å²) in [5.74, 6) is -0.00104. The Bertz CT molecular complexity index is 580. The summed E-state index contributed by atoms with van der Waals surface area (Å²) in [6.45, 7) is 6.81. The van der Waals surface area contributed by atoms with Crippen LogP contribution in [0, 0.1) is 13.8 Å². The lowest BCUT2D eigenvalue weighted by molar-refractivity contribution is 0.0430. The number of H-pyrrole nitrogens is 1. The predicted molar refractivity (Wildman–Crippen MR) is 72.6 cm³/mol. The number of hydrogen-bond donors (Lipinski definition) is 2. The first-order valence-corrected chi connectivity index (χ1v) is 6.86. The summed E-state index contributed by atoms with van der Waals surface area (Å²) < 4.78 is 5.42. The molecule has 6 heteroatoms. The molecule has 2 atom stereocenters. The molecule has 2 fully saturated rings. The Hall–Kier alpha value is -1.98. The molecule has 6 nitrogen and oxygen atoms in total. The van der Waals surface area contributed by atoms with E-state index < -0.39 is 5.60 Å². The van der Waals surface area contributed by atoms with Gasteiger partial charge in [0.1, 0.15) is 0 Å². The molecule has 0 bridgehead atoms. The average molecular weight is 277 g/mol. The van der Waals surface area contributed by atoms with Crippen LogP contribution in [0.5, 0.6) is 0 Å². The van der Waals surface area contributed by atoms with Crippen LogP contribution in [0.15, 0.2) is 6.07 Å². The first-order valence-electron chi connectivity index (χ1n) is 6.86. The number of aromatic nitrogens is 1. The quantitative estimate of drug-likeness (QED) is 0.813. The number of aromatic amines is 1. The number of carbonyl (C=O) groups excluding carboxylic acids is 2. The predicted octanol–water partition coefficient (Wildman–Crippen LogP) is 1.34. The smallest absolute Gasteiger partial charge is 0.408 e. The highest BCUT2D eigenvalue weighted by molar-refractivity contribution is 5.96. The van der Waals surface area contributed by atoms with Gasteiger partial charge in [-0.05, 0) is 26.8 Å². The van der Waals surface area contributed by atoms with Crippen molar-refractivity contribution in [3.8, 4) is 0 Å². The molecule has 1 aromatic rings. The van der Waals surface area contributed by atoms with Crippen LogP contribution >= 0.6 is 0 Å². The summed E-state index contributed by atoms with van der Waals surface area (Å²) >= 11 is 0. The molecule has 3 rings (SSSR count). The Labute approximate surface area is 117 Å². The van der Waals surface area contributed by atoms with Crippen molar-refractivity contribution in [3.63, 3.8) is 0 Å². The molecule has 1 aromatic heterocycles. The van der Waals surface area contributed by atoms with E-state index in [9.17, 15) is 9.59 Å². The van der Waals surface area contributed by atoms with Gasteiger partial charge < -0.3 is 19.9 Å². The molecule has 0 saturated carbocycles. The Balaban J connectivity index is 1.79. The van der Waals surface area contributed by atoms with Gasteiger partial charge in [-0.15, -0.1) is 0 Å². The second kappa shape index (κ2) is 4.26. The molecule has 2 amide bonds. The molecule has 0 aliphatic carbocycles. The summed E-state index contributed by atoms with van der Waals surface area (Å²) in [4.78, 5) is 28.8. The molecule has 2 aliphatic heterocycles. The van der Waals surface area contributed by atoms with Crippen molar-refractivity contribution < 1.29 is 14.3 Å². The Morgan fingerprint density at radius 1 is 1.50 bits per heavy atom. The number of aryl methyl sites for hydroxylation is 2. The number of likely N-dealkylation sites (tertiary alicyclic amines) is 1. The van der Waals surface area contributed by atoms with Crippen LogP contribution in [-0.4, -0.2) is 46.6 Å². The van der Waals surface area contributed by atoms with Gasteiger partial charge in [0, 0.05) is 24.4 Å². The number of alkyl carbamates (subject to hydrolysis) is 1. The van der Waals surface area contributed by atoms with Crippen LogP contribution in [0.2, 0.25) is 0 Å². The van der Waals surface area contributed by atoms with E-state index >= 15 is 0 Å². The second-order valence-corrected chi connectivity index (χ2v) is 5.79. The highest BCUT2D eigenvalue weighted by Gasteiger charge is 2.52. The van der Waals surface area contributed by atoms with E-state index in [0.29, 0.717) is 25.1 Å². The van der Waals surface area contributed by atoms with Crippen molar-refractivity contribution >= 4 is 12.0 Å². The average Bonchev–Trinajstić information content (AvgIpc) is 3.00. The number of nitrogens with one attached hydrogen (secondary N) is 2. The maximum atomic E-state index is 12.6. The minimum atomic E-state index is -0.563. The summed E-state index contributed by atoms with van der Waals surface area (Å²) in [6, 6.07) is 1.80. The summed E-state index contributed by atoms with van der Waals surface area (Å²) in [6.07, 6.45) is 0.293. The molecule has 108 valence electrons. The first kappa shape index (κ1) is 13.0. The van der Waals surface area contributed by atoms with Crippen LogP contribution in [-0.2, 0) is 4.74 Å². The zero-order valence-corrected chi connectivity index (χ0v) is 11.9. The van der Waals surface area contributed by atoms with Gasteiger partial charge in [0.25, 0.3) is 5.91 Å². The zero-order valence-electron chi connectivity index (χ0n) is 11.9. The molecule has 0 aromatic carbocycles. The second-order valence-electron chi connectivity index (χ2n) is 5.79. The minimum absolute atomic E-state index is 0.00104. The van der Waals surface area contributed by atoms with Crippen molar-refractivity contribution in [1.82, 2.24) is 15.2 Å². The van der Waals surface area contributed by atoms with Gasteiger partial charge in [-0.3, -0.25) is 4.79 Å². The monoisotopic (exact) mass is 277 g/mol. The van der Waals surface area contributed by atoms with Crippen molar-refractivity contribution in [2.75, 3.05) is 13.1 Å². The lowest BCUT2D eigenvalue weighted by Gasteiger charge is -2.25. The Morgan fingerprint density at radius 2 is 2.25 bits per heavy atom. The zero-order chi connectivity index (χ0) is 14.5. The van der Waals surface area contributed by atoms with E-state index in [1.54, 1.807) is 4.90 Å². The van der Waals surface area contributed by atoms with Crippen LogP contribution in [0.4, 0.5) is 4.79 Å². The molecule has 2 aliphatic rings. The first-order chi connectivity index (χ1) is 9.41. The summed E-state index contributed by atoms with van der Waals surface area (Å²) in [7, 11) is 0. The molecule has 0 radical (unpaired) electrons. The van der Waals surface area contributed by atoms with E-state index in [-0.39, 0.29) is 18.0 Å². The standard InChI is InChI=1S/C14H19N3O3/c1-8-6-11(9(2)15-8)12(18)17-5-4-14(7-17)10(3)16-13(19)20-14/h6,10,15H,4-5,7H2,1-3H3,(H,16,19). The fourth-order valence-corrected chi connectivity index (χ4v) is 3.14. The summed E-state index contributed by atoms with van der Waals surface area (Å²) in [5.41, 5.74) is 1.99. The topological polar surface area (TPSA) is 74.4 Å². The van der Waals surface area contributed by atoms with Crippen molar-refractivity contribution in [1.29, 1.82) is 0 Å². The van der Waals surface area contributed by atoms with Gasteiger partial charge in [0.05, 0.1) is 18.2 Å². The van der Waals surface area contributed by atoms with Gasteiger partial charge in [0.15, 0.2) is 5.60 Å². The van der Waals surface area contributed by atoms with Gasteiger partial charge in [0.2, 0.25) is 0 Å². The molecule has 3 heterocycles. The summed E-state index contributed by atoms with van der Waals surface area (Å²) in [5, 5.41) is 2.76. The van der Waals surface area contributed by atoms with Gasteiger partial charge >= 0.3 is 6.09 Å². The molecular weight excluding hydrogens is 258 g/mol. The highest BCUT2D eigenvalue weighted by Crippen LogP contribution is 2.33. The number of ether oxygens (including phenoxy) is 1. The van der Waals surface area contributed by atoms with Crippen molar-refractivity contribution in [2.24, 2.45) is 0 Å². The lowest BCUT2D eigenvalue weighted by atomic mass is 9.95. The van der Waals surface area contributed by atoms with Crippen LogP contribution in [0.3, 0.4) is 0 Å². The lowest BCUT2D eigenvalue weighted by Crippen LogP contribution is -2.44. The van der Waals surface area contributed by atoms with E-state index in [0.717, 1.165) is 11.4 Å². The molecule has 20 heavy (non-hydrogen) atoms. The number of rotatable bonds is 1. The Morgan fingerprint density at radius 3 is 2.80 bits per heavy atom. The largest absolute Gasteiger partial charge is 0.439 e. The normalized spacial score (nSPS) is 28.9. The maximum absolute atomic E-state index is 12.6. The maximum Gasteiger partial charge on any atom is 0.408 e. The van der Waals surface area contributed by atoms with Crippen molar-refractivity contribution in [2.45, 2.75) is 38.8 Å². The third kappa shape index (κ3) is 1.87. The van der Waals surface area contributed by atoms with Crippen LogP contribution in [0.1, 0.15) is 35.1 Å². The molecule has 1 spiro atoms. The minimum Gasteiger partial charge on any atom is -0.439 e. The van der Waals surface area contributed by atoms with Gasteiger partial charge in [-0.1, -0.05) is 0 Å². The highest BCUT2D eigenvalue weighted by atomic mass is 16.6. The van der Waals surface area contributed by atoms with E-state index in [1.807, 2.05) is 26.8 Å². The van der Waals surface area contributed by atoms with E-state index in [4.69, 9.17) is 4.74 Å². The molecule has 2 saturated heterocycles. The molecular formula is C14H19N3O3. The number of carbonyl (C=O) groups is 2. The molecule has 2 unspecified atom stereocenters. The SMILES string of the molecule is Cc1cc(C(=O)N2CCC3(C2)OC(=O)NC3C)c(C)[nH]1.